The Bertz CT molecular complexity index is 458. The average molecular weight is 290 g/mol. The SMILES string of the molecule is CCCCCCC(=O)Nc1ccccc1C(=O)NCCC. The van der Waals surface area contributed by atoms with E-state index in [1.165, 1.54) is 0 Å². The van der Waals surface area contributed by atoms with Crippen molar-refractivity contribution in [3.05, 3.63) is 29.8 Å². The molecule has 0 aliphatic rings. The molecule has 0 unspecified atom stereocenters. The van der Waals surface area contributed by atoms with Gasteiger partial charge in [-0.15, -0.1) is 0 Å². The highest BCUT2D eigenvalue weighted by molar-refractivity contribution is 6.03. The van der Waals surface area contributed by atoms with Crippen LogP contribution in [0.3, 0.4) is 0 Å². The summed E-state index contributed by atoms with van der Waals surface area (Å²) >= 11 is 0. The topological polar surface area (TPSA) is 58.2 Å². The predicted octanol–water partition coefficient (Wildman–Crippen LogP) is 3.74. The predicted molar refractivity (Wildman–Crippen MR) is 86.5 cm³/mol. The Morgan fingerprint density at radius 3 is 2.48 bits per heavy atom. The second kappa shape index (κ2) is 9.97. The molecule has 0 aliphatic heterocycles. The summed E-state index contributed by atoms with van der Waals surface area (Å²) < 4.78 is 0. The highest BCUT2D eigenvalue weighted by atomic mass is 16.2. The van der Waals surface area contributed by atoms with E-state index in [0.29, 0.717) is 24.2 Å². The lowest BCUT2D eigenvalue weighted by atomic mass is 10.1. The summed E-state index contributed by atoms with van der Waals surface area (Å²) in [6.45, 7) is 4.79. The van der Waals surface area contributed by atoms with Crippen LogP contribution in [0.2, 0.25) is 0 Å². The Balaban J connectivity index is 2.58. The van der Waals surface area contributed by atoms with Gasteiger partial charge in [0.05, 0.1) is 11.3 Å². The monoisotopic (exact) mass is 290 g/mol. The van der Waals surface area contributed by atoms with Gasteiger partial charge >= 0.3 is 0 Å². The molecule has 0 radical (unpaired) electrons. The number of carbonyl (C=O) groups is 2. The highest BCUT2D eigenvalue weighted by Gasteiger charge is 2.12. The number of rotatable bonds is 9. The van der Waals surface area contributed by atoms with E-state index in [0.717, 1.165) is 32.1 Å². The van der Waals surface area contributed by atoms with Crippen LogP contribution in [0.25, 0.3) is 0 Å². The van der Waals surface area contributed by atoms with Gasteiger partial charge in [0.2, 0.25) is 5.91 Å². The van der Waals surface area contributed by atoms with Crippen LogP contribution < -0.4 is 10.6 Å². The molecular formula is C17H26N2O2. The minimum atomic E-state index is -0.140. The first-order valence-electron chi connectivity index (χ1n) is 7.86. The molecule has 0 aliphatic carbocycles. The van der Waals surface area contributed by atoms with Gasteiger partial charge in [0.15, 0.2) is 0 Å². The summed E-state index contributed by atoms with van der Waals surface area (Å²) in [5.74, 6) is -0.166. The van der Waals surface area contributed by atoms with E-state index in [4.69, 9.17) is 0 Å². The van der Waals surface area contributed by atoms with Crippen LogP contribution in [0, 0.1) is 0 Å². The molecule has 1 aromatic rings. The van der Waals surface area contributed by atoms with Crippen LogP contribution in [-0.2, 0) is 4.79 Å². The number of nitrogens with one attached hydrogen (secondary N) is 2. The summed E-state index contributed by atoms with van der Waals surface area (Å²) in [5.41, 5.74) is 1.11. The fourth-order valence-corrected chi connectivity index (χ4v) is 2.05. The van der Waals surface area contributed by atoms with Gasteiger partial charge in [-0.25, -0.2) is 0 Å². The third-order valence-electron chi connectivity index (χ3n) is 3.24. The molecule has 0 atom stereocenters. The molecule has 0 saturated carbocycles. The van der Waals surface area contributed by atoms with E-state index in [1.54, 1.807) is 18.2 Å². The van der Waals surface area contributed by atoms with Crippen LogP contribution in [-0.4, -0.2) is 18.4 Å². The van der Waals surface area contributed by atoms with Crippen molar-refractivity contribution in [1.29, 1.82) is 0 Å². The van der Waals surface area contributed by atoms with Gasteiger partial charge < -0.3 is 10.6 Å². The third-order valence-corrected chi connectivity index (χ3v) is 3.24. The molecule has 0 spiro atoms. The lowest BCUT2D eigenvalue weighted by Crippen LogP contribution is -2.25. The standard InChI is InChI=1S/C17H26N2O2/c1-3-5-6-7-12-16(20)19-15-11-9-8-10-14(15)17(21)18-13-4-2/h8-11H,3-7,12-13H2,1-2H3,(H,18,21)(H,19,20). The molecule has 1 aromatic carbocycles. The molecule has 4 heteroatoms. The summed E-state index contributed by atoms with van der Waals surface area (Å²) in [7, 11) is 0. The molecule has 4 nitrogen and oxygen atoms in total. The molecule has 0 bridgehead atoms. The maximum Gasteiger partial charge on any atom is 0.253 e. The molecule has 2 N–H and O–H groups in total. The zero-order chi connectivity index (χ0) is 15.5. The largest absolute Gasteiger partial charge is 0.352 e. The second-order valence-electron chi connectivity index (χ2n) is 5.16. The molecule has 1 rings (SSSR count). The van der Waals surface area contributed by atoms with Crippen molar-refractivity contribution in [2.24, 2.45) is 0 Å². The number of anilines is 1. The summed E-state index contributed by atoms with van der Waals surface area (Å²) in [6, 6.07) is 7.13. The Hall–Kier alpha value is -1.84. The van der Waals surface area contributed by atoms with Crippen LogP contribution >= 0.6 is 0 Å². The minimum absolute atomic E-state index is 0.0261. The van der Waals surface area contributed by atoms with Crippen molar-refractivity contribution in [2.45, 2.75) is 52.4 Å². The van der Waals surface area contributed by atoms with Crippen molar-refractivity contribution in [3.8, 4) is 0 Å². The van der Waals surface area contributed by atoms with E-state index >= 15 is 0 Å². The summed E-state index contributed by atoms with van der Waals surface area (Å²) in [4.78, 5) is 24.0. The normalized spacial score (nSPS) is 10.2. The molecule has 0 aromatic heterocycles. The molecular weight excluding hydrogens is 264 g/mol. The first-order chi connectivity index (χ1) is 10.2. The van der Waals surface area contributed by atoms with E-state index in [2.05, 4.69) is 17.6 Å². The van der Waals surface area contributed by atoms with Gasteiger partial charge in [-0.2, -0.15) is 0 Å². The fraction of sp³-hybridized carbons (Fsp3) is 0.529. The van der Waals surface area contributed by atoms with Crippen molar-refractivity contribution in [2.75, 3.05) is 11.9 Å². The molecule has 2 amide bonds. The Kier molecular flexibility index (Phi) is 8.17. The van der Waals surface area contributed by atoms with Gasteiger partial charge in [-0.3, -0.25) is 9.59 Å². The number of hydrogen-bond donors (Lipinski definition) is 2. The zero-order valence-electron chi connectivity index (χ0n) is 13.1. The maximum atomic E-state index is 12.0. The number of amides is 2. The molecule has 0 heterocycles. The summed E-state index contributed by atoms with van der Waals surface area (Å²) in [6.07, 6.45) is 5.67. The molecule has 0 fully saturated rings. The first kappa shape index (κ1) is 17.2. The molecule has 116 valence electrons. The average Bonchev–Trinajstić information content (AvgIpc) is 2.50. The van der Waals surface area contributed by atoms with E-state index in [-0.39, 0.29) is 11.8 Å². The van der Waals surface area contributed by atoms with Crippen molar-refractivity contribution in [1.82, 2.24) is 5.32 Å². The Morgan fingerprint density at radius 2 is 1.76 bits per heavy atom. The van der Waals surface area contributed by atoms with E-state index in [9.17, 15) is 9.59 Å². The van der Waals surface area contributed by atoms with Crippen LogP contribution in [0.1, 0.15) is 62.7 Å². The quantitative estimate of drug-likeness (QED) is 0.681. The van der Waals surface area contributed by atoms with Crippen molar-refractivity contribution in [3.63, 3.8) is 0 Å². The first-order valence-corrected chi connectivity index (χ1v) is 7.86. The van der Waals surface area contributed by atoms with Crippen molar-refractivity contribution >= 4 is 17.5 Å². The van der Waals surface area contributed by atoms with Crippen molar-refractivity contribution < 1.29 is 9.59 Å². The van der Waals surface area contributed by atoms with E-state index < -0.39 is 0 Å². The smallest absolute Gasteiger partial charge is 0.253 e. The van der Waals surface area contributed by atoms with Gasteiger partial charge in [0, 0.05) is 13.0 Å². The molecule has 21 heavy (non-hydrogen) atoms. The van der Waals surface area contributed by atoms with Crippen LogP contribution in [0.15, 0.2) is 24.3 Å². The number of carbonyl (C=O) groups excluding carboxylic acids is 2. The van der Waals surface area contributed by atoms with Gasteiger partial charge in [-0.1, -0.05) is 45.2 Å². The number of para-hydroxylation sites is 1. The number of hydrogen-bond acceptors (Lipinski definition) is 2. The van der Waals surface area contributed by atoms with Gasteiger partial charge in [-0.05, 0) is 25.0 Å². The van der Waals surface area contributed by atoms with Gasteiger partial charge in [0.25, 0.3) is 5.91 Å². The van der Waals surface area contributed by atoms with Crippen LogP contribution in [0.5, 0.6) is 0 Å². The Morgan fingerprint density at radius 1 is 1.00 bits per heavy atom. The summed E-state index contributed by atoms with van der Waals surface area (Å²) in [5, 5.41) is 5.68. The number of unbranched alkanes of at least 4 members (excludes halogenated alkanes) is 3. The Labute approximate surface area is 127 Å². The highest BCUT2D eigenvalue weighted by Crippen LogP contribution is 2.16. The molecule has 0 saturated heterocycles. The maximum absolute atomic E-state index is 12.0. The van der Waals surface area contributed by atoms with Crippen LogP contribution in [0.4, 0.5) is 5.69 Å². The van der Waals surface area contributed by atoms with E-state index in [1.807, 2.05) is 13.0 Å². The minimum Gasteiger partial charge on any atom is -0.352 e. The number of benzene rings is 1. The lowest BCUT2D eigenvalue weighted by Gasteiger charge is -2.11. The zero-order valence-corrected chi connectivity index (χ0v) is 13.1. The second-order valence-corrected chi connectivity index (χ2v) is 5.16. The third kappa shape index (κ3) is 6.43. The lowest BCUT2D eigenvalue weighted by molar-refractivity contribution is -0.116. The van der Waals surface area contributed by atoms with Gasteiger partial charge in [0.1, 0.15) is 0 Å². The fourth-order valence-electron chi connectivity index (χ4n) is 2.05.